The molecule has 0 saturated carbocycles. The molecule has 2 heterocycles. The van der Waals surface area contributed by atoms with Crippen molar-refractivity contribution in [2.24, 2.45) is 0 Å². The molecule has 0 fully saturated rings. The van der Waals surface area contributed by atoms with Crippen molar-refractivity contribution in [3.8, 4) is 0 Å². The van der Waals surface area contributed by atoms with Gasteiger partial charge < -0.3 is 10.4 Å². The molecule has 1 aromatic heterocycles. The summed E-state index contributed by atoms with van der Waals surface area (Å²) in [6.45, 7) is 2.03. The van der Waals surface area contributed by atoms with Crippen LogP contribution in [0.2, 0.25) is 0 Å². The van der Waals surface area contributed by atoms with Gasteiger partial charge in [-0.3, -0.25) is 4.79 Å². The molecular weight excluding hydrogens is 158 g/mol. The number of β-amino-alcohol motifs (C(OH)–C–C–N with tert-alkyl or cyclic N) is 1. The maximum Gasteiger partial charge on any atom is 0.259 e. The highest BCUT2D eigenvalue weighted by molar-refractivity contribution is 5.31. The second-order valence-corrected chi connectivity index (χ2v) is 2.80. The third kappa shape index (κ3) is 0.831. The molecule has 2 rings (SSSR count). The topological polar surface area (TPSA) is 67.2 Å². The number of fused-ring (bicyclic) bond motifs is 1. The second-order valence-electron chi connectivity index (χ2n) is 2.80. The lowest BCUT2D eigenvalue weighted by molar-refractivity contribution is 0.127. The molecule has 0 amide bonds. The summed E-state index contributed by atoms with van der Waals surface area (Å²) in [6, 6.07) is 0. The first-order valence-electron chi connectivity index (χ1n) is 3.70. The van der Waals surface area contributed by atoms with E-state index in [1.54, 1.807) is 6.92 Å². The molecule has 2 N–H and O–H groups in total. The molecule has 0 bridgehead atoms. The molecule has 5 heteroatoms. The van der Waals surface area contributed by atoms with E-state index in [4.69, 9.17) is 0 Å². The van der Waals surface area contributed by atoms with E-state index in [1.807, 2.05) is 0 Å². The van der Waals surface area contributed by atoms with Gasteiger partial charge in [0.2, 0.25) is 5.95 Å². The Hall–Kier alpha value is -1.36. The third-order valence-electron chi connectivity index (χ3n) is 1.91. The summed E-state index contributed by atoms with van der Waals surface area (Å²) in [5.74, 6) is 0.443. The third-order valence-corrected chi connectivity index (χ3v) is 1.91. The van der Waals surface area contributed by atoms with Gasteiger partial charge in [-0.2, -0.15) is 0 Å². The first kappa shape index (κ1) is 7.30. The lowest BCUT2D eigenvalue weighted by atomic mass is 10.4. The van der Waals surface area contributed by atoms with Gasteiger partial charge in [-0.15, -0.1) is 0 Å². The van der Waals surface area contributed by atoms with Crippen molar-refractivity contribution in [1.82, 2.24) is 9.55 Å². The Bertz CT molecular complexity index is 371. The normalized spacial score (nSPS) is 20.3. The summed E-state index contributed by atoms with van der Waals surface area (Å²) >= 11 is 0. The van der Waals surface area contributed by atoms with Gasteiger partial charge in [-0.05, 0) is 6.92 Å². The lowest BCUT2D eigenvalue weighted by Crippen LogP contribution is -2.24. The van der Waals surface area contributed by atoms with Crippen molar-refractivity contribution in [1.29, 1.82) is 0 Å². The zero-order valence-electron chi connectivity index (χ0n) is 6.61. The summed E-state index contributed by atoms with van der Waals surface area (Å²) < 4.78 is 1.26. The molecule has 1 aliphatic heterocycles. The summed E-state index contributed by atoms with van der Waals surface area (Å²) in [4.78, 5) is 15.4. The van der Waals surface area contributed by atoms with Crippen molar-refractivity contribution < 1.29 is 5.11 Å². The molecule has 0 aliphatic carbocycles. The van der Waals surface area contributed by atoms with Crippen LogP contribution in [0, 0.1) is 6.92 Å². The van der Waals surface area contributed by atoms with Gasteiger partial charge in [0.05, 0.1) is 6.54 Å². The van der Waals surface area contributed by atoms with E-state index in [2.05, 4.69) is 10.3 Å². The fraction of sp³-hybridized carbons (Fsp3) is 0.429. The van der Waals surface area contributed by atoms with Gasteiger partial charge in [0.15, 0.2) is 6.23 Å². The Morgan fingerprint density at radius 3 is 3.33 bits per heavy atom. The fourth-order valence-corrected chi connectivity index (χ4v) is 1.24. The van der Waals surface area contributed by atoms with Crippen LogP contribution in [-0.2, 0) is 0 Å². The Morgan fingerprint density at radius 2 is 2.58 bits per heavy atom. The minimum Gasteiger partial charge on any atom is -0.371 e. The quantitative estimate of drug-likeness (QED) is 0.545. The highest BCUT2D eigenvalue weighted by atomic mass is 16.3. The van der Waals surface area contributed by atoms with Crippen molar-refractivity contribution in [3.05, 3.63) is 22.1 Å². The molecule has 0 saturated heterocycles. The fourth-order valence-electron chi connectivity index (χ4n) is 1.24. The van der Waals surface area contributed by atoms with E-state index in [0.29, 0.717) is 18.1 Å². The molecule has 0 aromatic carbocycles. The first-order chi connectivity index (χ1) is 5.70. The maximum atomic E-state index is 11.4. The summed E-state index contributed by atoms with van der Waals surface area (Å²) in [7, 11) is 0. The van der Waals surface area contributed by atoms with Crippen molar-refractivity contribution in [3.63, 3.8) is 0 Å². The summed E-state index contributed by atoms with van der Waals surface area (Å²) in [6.07, 6.45) is 0.721. The monoisotopic (exact) mass is 167 g/mol. The van der Waals surface area contributed by atoms with Crippen LogP contribution in [0.5, 0.6) is 0 Å². The smallest absolute Gasteiger partial charge is 0.259 e. The number of nitrogens with zero attached hydrogens (tertiary/aromatic N) is 2. The number of hydrogen-bond acceptors (Lipinski definition) is 4. The van der Waals surface area contributed by atoms with Gasteiger partial charge in [0.25, 0.3) is 5.56 Å². The zero-order valence-corrected chi connectivity index (χ0v) is 6.61. The molecule has 1 atom stereocenters. The van der Waals surface area contributed by atoms with E-state index in [1.165, 1.54) is 10.8 Å². The SMILES string of the molecule is Cc1cnc2n(c1=O)C(O)CN2. The predicted octanol–water partition coefficient (Wildman–Crippen LogP) is -0.532. The minimum atomic E-state index is -0.778. The predicted molar refractivity (Wildman–Crippen MR) is 43.0 cm³/mol. The number of hydrogen-bond donors (Lipinski definition) is 2. The second kappa shape index (κ2) is 2.31. The van der Waals surface area contributed by atoms with Crippen molar-refractivity contribution in [2.75, 3.05) is 11.9 Å². The van der Waals surface area contributed by atoms with Crippen LogP contribution in [0.4, 0.5) is 5.95 Å². The first-order valence-corrected chi connectivity index (χ1v) is 3.70. The van der Waals surface area contributed by atoms with Gasteiger partial charge in [-0.1, -0.05) is 0 Å². The van der Waals surface area contributed by atoms with Crippen LogP contribution >= 0.6 is 0 Å². The van der Waals surface area contributed by atoms with Crippen LogP contribution < -0.4 is 10.9 Å². The average molecular weight is 167 g/mol. The summed E-state index contributed by atoms with van der Waals surface area (Å²) in [5, 5.41) is 12.2. The molecule has 12 heavy (non-hydrogen) atoms. The molecule has 1 aliphatic rings. The molecule has 0 spiro atoms. The molecule has 5 nitrogen and oxygen atoms in total. The van der Waals surface area contributed by atoms with Gasteiger partial charge in [0, 0.05) is 11.8 Å². The van der Waals surface area contributed by atoms with Crippen LogP contribution in [0.25, 0.3) is 0 Å². The molecule has 1 aromatic rings. The van der Waals surface area contributed by atoms with Crippen molar-refractivity contribution >= 4 is 5.95 Å². The number of aromatic nitrogens is 2. The van der Waals surface area contributed by atoms with E-state index in [9.17, 15) is 9.90 Å². The van der Waals surface area contributed by atoms with Crippen LogP contribution in [0.3, 0.4) is 0 Å². The highest BCUT2D eigenvalue weighted by Crippen LogP contribution is 2.14. The number of aliphatic hydroxyl groups is 1. The number of rotatable bonds is 0. The lowest BCUT2D eigenvalue weighted by Gasteiger charge is -2.04. The Labute approximate surface area is 68.7 Å². The van der Waals surface area contributed by atoms with Crippen LogP contribution in [0.15, 0.2) is 11.0 Å². The Kier molecular flexibility index (Phi) is 1.41. The van der Waals surface area contributed by atoms with E-state index < -0.39 is 6.23 Å². The minimum absolute atomic E-state index is 0.183. The number of aryl methyl sites for hydroxylation is 1. The van der Waals surface area contributed by atoms with Gasteiger partial charge in [-0.25, -0.2) is 9.55 Å². The van der Waals surface area contributed by atoms with Crippen LogP contribution in [-0.4, -0.2) is 21.2 Å². The largest absolute Gasteiger partial charge is 0.371 e. The van der Waals surface area contributed by atoms with E-state index in [0.717, 1.165) is 0 Å². The summed E-state index contributed by atoms with van der Waals surface area (Å²) in [5.41, 5.74) is 0.360. The van der Waals surface area contributed by atoms with E-state index in [-0.39, 0.29) is 5.56 Å². The van der Waals surface area contributed by atoms with Gasteiger partial charge in [0.1, 0.15) is 0 Å². The number of anilines is 1. The molecule has 0 radical (unpaired) electrons. The van der Waals surface area contributed by atoms with Gasteiger partial charge >= 0.3 is 0 Å². The Balaban J connectivity index is 2.71. The standard InChI is InChI=1S/C7H9N3O2/c1-4-2-8-7-9-3-5(11)10(7)6(4)12/h2,5,11H,3H2,1H3,(H,8,9). The number of nitrogens with one attached hydrogen (secondary N) is 1. The average Bonchev–Trinajstić information content (AvgIpc) is 2.41. The molecule has 64 valence electrons. The molecular formula is C7H9N3O2. The molecule has 1 unspecified atom stereocenters. The van der Waals surface area contributed by atoms with Crippen molar-refractivity contribution in [2.45, 2.75) is 13.2 Å². The maximum absolute atomic E-state index is 11.4. The number of aliphatic hydroxyl groups excluding tert-OH is 1. The van der Waals surface area contributed by atoms with Crippen LogP contribution in [0.1, 0.15) is 11.8 Å². The zero-order chi connectivity index (χ0) is 8.72. The highest BCUT2D eigenvalue weighted by Gasteiger charge is 2.21. The van der Waals surface area contributed by atoms with E-state index >= 15 is 0 Å². The Morgan fingerprint density at radius 1 is 1.83 bits per heavy atom.